The van der Waals surface area contributed by atoms with Gasteiger partial charge in [-0.05, 0) is 40.0 Å². The van der Waals surface area contributed by atoms with Crippen molar-refractivity contribution in [2.75, 3.05) is 5.32 Å². The van der Waals surface area contributed by atoms with Crippen LogP contribution in [0.1, 0.15) is 29.2 Å². The zero-order valence-electron chi connectivity index (χ0n) is 11.0. The van der Waals surface area contributed by atoms with Gasteiger partial charge in [-0.15, -0.1) is 10.2 Å². The molecule has 0 saturated heterocycles. The van der Waals surface area contributed by atoms with Crippen LogP contribution >= 0.6 is 43.2 Å². The van der Waals surface area contributed by atoms with E-state index in [9.17, 15) is 4.79 Å². The molecule has 2 rings (SSSR count). The van der Waals surface area contributed by atoms with Crippen molar-refractivity contribution in [1.29, 1.82) is 0 Å². The van der Waals surface area contributed by atoms with Gasteiger partial charge < -0.3 is 0 Å². The quantitative estimate of drug-likeness (QED) is 0.794. The van der Waals surface area contributed by atoms with Crippen molar-refractivity contribution in [2.24, 2.45) is 5.92 Å². The Morgan fingerprint density at radius 2 is 2.10 bits per heavy atom. The molecule has 0 aliphatic heterocycles. The fraction of sp³-hybridized carbons (Fsp3) is 0.308. The Morgan fingerprint density at radius 1 is 1.35 bits per heavy atom. The highest BCUT2D eigenvalue weighted by molar-refractivity contribution is 9.11. The molecule has 106 valence electrons. The van der Waals surface area contributed by atoms with E-state index in [0.29, 0.717) is 16.6 Å². The number of anilines is 1. The summed E-state index contributed by atoms with van der Waals surface area (Å²) in [6.07, 6.45) is 0.871. The molecule has 4 nitrogen and oxygen atoms in total. The maximum atomic E-state index is 12.2. The smallest absolute Gasteiger partial charge is 0.258 e. The van der Waals surface area contributed by atoms with Gasteiger partial charge in [0.15, 0.2) is 0 Å². The van der Waals surface area contributed by atoms with E-state index in [2.05, 4.69) is 61.2 Å². The minimum Gasteiger partial charge on any atom is -0.296 e. The Hall–Kier alpha value is -0.790. The van der Waals surface area contributed by atoms with E-state index in [-0.39, 0.29) is 5.91 Å². The second-order valence-corrected chi connectivity index (χ2v) is 7.51. The summed E-state index contributed by atoms with van der Waals surface area (Å²) in [5, 5.41) is 12.3. The Kier molecular flexibility index (Phi) is 5.29. The number of nitrogens with one attached hydrogen (secondary N) is 1. The van der Waals surface area contributed by atoms with Crippen molar-refractivity contribution in [3.05, 3.63) is 37.7 Å². The van der Waals surface area contributed by atoms with Gasteiger partial charge in [-0.3, -0.25) is 10.1 Å². The van der Waals surface area contributed by atoms with Gasteiger partial charge in [0, 0.05) is 15.4 Å². The summed E-state index contributed by atoms with van der Waals surface area (Å²) in [6.45, 7) is 4.25. The van der Waals surface area contributed by atoms with Gasteiger partial charge in [0.25, 0.3) is 5.91 Å². The first-order valence-electron chi connectivity index (χ1n) is 6.04. The molecule has 0 saturated carbocycles. The molecule has 1 amide bonds. The molecule has 1 aromatic heterocycles. The predicted molar refractivity (Wildman–Crippen MR) is 88.2 cm³/mol. The van der Waals surface area contributed by atoms with Crippen LogP contribution in [0.25, 0.3) is 0 Å². The van der Waals surface area contributed by atoms with Crippen LogP contribution in [0, 0.1) is 5.92 Å². The number of amides is 1. The second-order valence-electron chi connectivity index (χ2n) is 4.68. The van der Waals surface area contributed by atoms with Gasteiger partial charge in [-0.1, -0.05) is 41.1 Å². The Labute approximate surface area is 138 Å². The molecule has 0 atom stereocenters. The monoisotopic (exact) mass is 417 g/mol. The lowest BCUT2D eigenvalue weighted by atomic mass is 10.1. The number of aromatic nitrogens is 2. The summed E-state index contributed by atoms with van der Waals surface area (Å²) in [6, 6.07) is 5.41. The van der Waals surface area contributed by atoms with E-state index in [1.54, 1.807) is 6.07 Å². The second kappa shape index (κ2) is 6.78. The largest absolute Gasteiger partial charge is 0.296 e. The van der Waals surface area contributed by atoms with E-state index in [4.69, 9.17) is 0 Å². The van der Waals surface area contributed by atoms with Crippen LogP contribution in [0.5, 0.6) is 0 Å². The minimum atomic E-state index is -0.198. The van der Waals surface area contributed by atoms with Crippen molar-refractivity contribution >= 4 is 54.2 Å². The van der Waals surface area contributed by atoms with Crippen molar-refractivity contribution in [3.8, 4) is 0 Å². The lowest BCUT2D eigenvalue weighted by Gasteiger charge is -2.04. The van der Waals surface area contributed by atoms with Crippen molar-refractivity contribution in [3.63, 3.8) is 0 Å². The maximum Gasteiger partial charge on any atom is 0.258 e. The molecule has 2 aromatic rings. The van der Waals surface area contributed by atoms with E-state index in [1.807, 2.05) is 12.1 Å². The van der Waals surface area contributed by atoms with Crippen LogP contribution in [-0.4, -0.2) is 16.1 Å². The number of rotatable bonds is 4. The molecule has 0 bridgehead atoms. The molecule has 1 heterocycles. The molecule has 0 fully saturated rings. The first-order valence-corrected chi connectivity index (χ1v) is 8.44. The van der Waals surface area contributed by atoms with Gasteiger partial charge in [-0.2, -0.15) is 0 Å². The zero-order valence-corrected chi connectivity index (χ0v) is 15.0. The first-order chi connectivity index (χ1) is 9.45. The third-order valence-corrected chi connectivity index (χ3v) is 4.46. The number of carbonyl (C=O) groups excluding carboxylic acids is 1. The van der Waals surface area contributed by atoms with Crippen LogP contribution in [0.2, 0.25) is 0 Å². The molecular weight excluding hydrogens is 406 g/mol. The highest BCUT2D eigenvalue weighted by atomic mass is 79.9. The summed E-state index contributed by atoms with van der Waals surface area (Å²) in [4.78, 5) is 12.2. The number of carbonyl (C=O) groups is 1. The third-order valence-electron chi connectivity index (χ3n) is 2.45. The van der Waals surface area contributed by atoms with Gasteiger partial charge in [0.05, 0.1) is 5.56 Å². The maximum absolute atomic E-state index is 12.2. The Morgan fingerprint density at radius 3 is 2.75 bits per heavy atom. The molecule has 7 heteroatoms. The van der Waals surface area contributed by atoms with Gasteiger partial charge in [0.1, 0.15) is 5.01 Å². The highest BCUT2D eigenvalue weighted by Crippen LogP contribution is 2.24. The highest BCUT2D eigenvalue weighted by Gasteiger charge is 2.13. The van der Waals surface area contributed by atoms with Gasteiger partial charge in [-0.25, -0.2) is 0 Å². The molecular formula is C13H13Br2N3OS. The van der Waals surface area contributed by atoms with Crippen LogP contribution in [0.4, 0.5) is 5.13 Å². The molecule has 0 aliphatic carbocycles. The number of nitrogens with zero attached hydrogens (tertiary/aromatic N) is 2. The fourth-order valence-corrected chi connectivity index (χ4v) is 3.75. The fourth-order valence-electron chi connectivity index (χ4n) is 1.57. The Bertz CT molecular complexity index is 628. The van der Waals surface area contributed by atoms with Gasteiger partial charge >= 0.3 is 0 Å². The normalized spacial score (nSPS) is 10.8. The lowest BCUT2D eigenvalue weighted by molar-refractivity contribution is 0.102. The molecule has 1 aromatic carbocycles. The van der Waals surface area contributed by atoms with E-state index in [0.717, 1.165) is 20.4 Å². The van der Waals surface area contributed by atoms with Crippen LogP contribution in [0.15, 0.2) is 27.1 Å². The molecule has 20 heavy (non-hydrogen) atoms. The molecule has 0 radical (unpaired) electrons. The third kappa shape index (κ3) is 4.10. The summed E-state index contributed by atoms with van der Waals surface area (Å²) >= 11 is 8.15. The average molecular weight is 419 g/mol. The first kappa shape index (κ1) is 15.6. The lowest BCUT2D eigenvalue weighted by Crippen LogP contribution is -2.12. The van der Waals surface area contributed by atoms with Crippen LogP contribution in [0.3, 0.4) is 0 Å². The molecule has 0 aliphatic rings. The molecule has 1 N–H and O–H groups in total. The van der Waals surface area contributed by atoms with Crippen molar-refractivity contribution < 1.29 is 4.79 Å². The summed E-state index contributed by atoms with van der Waals surface area (Å²) in [5.41, 5.74) is 0.564. The number of benzene rings is 1. The topological polar surface area (TPSA) is 54.9 Å². The number of halogens is 2. The van der Waals surface area contributed by atoms with E-state index < -0.39 is 0 Å². The Balaban J connectivity index is 2.09. The average Bonchev–Trinajstić information content (AvgIpc) is 2.75. The number of hydrogen-bond donors (Lipinski definition) is 1. The molecule has 0 spiro atoms. The van der Waals surface area contributed by atoms with Crippen LogP contribution in [-0.2, 0) is 6.42 Å². The summed E-state index contributed by atoms with van der Waals surface area (Å²) < 4.78 is 1.65. The van der Waals surface area contributed by atoms with Crippen molar-refractivity contribution in [1.82, 2.24) is 10.2 Å². The molecule has 0 unspecified atom stereocenters. The van der Waals surface area contributed by atoms with Crippen molar-refractivity contribution in [2.45, 2.75) is 20.3 Å². The van der Waals surface area contributed by atoms with E-state index in [1.165, 1.54) is 11.3 Å². The van der Waals surface area contributed by atoms with Gasteiger partial charge in [0.2, 0.25) is 5.13 Å². The standard InChI is InChI=1S/C13H13Br2N3OS/c1-7(2)5-11-17-18-13(20-11)16-12(19)9-4-3-8(14)6-10(9)15/h3-4,6-7H,5H2,1-2H3,(H,16,18,19). The predicted octanol–water partition coefficient (Wildman–Crippen LogP) is 4.51. The zero-order chi connectivity index (χ0) is 14.7. The van der Waals surface area contributed by atoms with Crippen LogP contribution < -0.4 is 5.32 Å². The van der Waals surface area contributed by atoms with E-state index >= 15 is 0 Å². The SMILES string of the molecule is CC(C)Cc1nnc(NC(=O)c2ccc(Br)cc2Br)s1. The minimum absolute atomic E-state index is 0.198. The summed E-state index contributed by atoms with van der Waals surface area (Å²) in [7, 11) is 0. The number of hydrogen-bond acceptors (Lipinski definition) is 4. The summed E-state index contributed by atoms with van der Waals surface area (Å²) in [5.74, 6) is 0.323.